The van der Waals surface area contributed by atoms with Crippen LogP contribution in [0.25, 0.3) is 0 Å². The summed E-state index contributed by atoms with van der Waals surface area (Å²) in [5.41, 5.74) is 6.69. The van der Waals surface area contributed by atoms with Gasteiger partial charge in [0.05, 0.1) is 35.0 Å². The number of para-hydroxylation sites is 1. The van der Waals surface area contributed by atoms with Gasteiger partial charge in [-0.2, -0.15) is 10.5 Å². The summed E-state index contributed by atoms with van der Waals surface area (Å²) in [5, 5.41) is 30.1. The van der Waals surface area contributed by atoms with Gasteiger partial charge in [-0.15, -0.1) is 0 Å². The number of amides is 1. The highest BCUT2D eigenvalue weighted by Gasteiger charge is 2.69. The van der Waals surface area contributed by atoms with Crippen LogP contribution in [0.2, 0.25) is 0 Å². The van der Waals surface area contributed by atoms with E-state index in [9.17, 15) is 15.3 Å². The number of nitrogens with zero attached hydrogens (tertiary/aromatic N) is 5. The summed E-state index contributed by atoms with van der Waals surface area (Å²) in [7, 11) is 5.77. The van der Waals surface area contributed by atoms with Crippen molar-refractivity contribution in [2.75, 3.05) is 52.2 Å². The van der Waals surface area contributed by atoms with Gasteiger partial charge in [0.2, 0.25) is 11.5 Å². The average molecular weight is 484 g/mol. The molecule has 2 fully saturated rings. The lowest BCUT2D eigenvalue weighted by Crippen LogP contribution is -2.63. The zero-order valence-corrected chi connectivity index (χ0v) is 20.8. The standard InChI is InChI=1S/C27H29N7O2/c1-32-10-8-25(9-11-32)17-12-33(2)13-18-20(17)21(22(30)26(25,14-28)15-29)23(31)36-27(18)16-6-4-5-7-19(16)34(3)24(27)35/h4-7,18,31H,8-13,30H2,1-3H3/t18-,27-/m0/s1. The highest BCUT2D eigenvalue weighted by molar-refractivity contribution is 6.12. The number of carbonyl (C=O) groups is 1. The van der Waals surface area contributed by atoms with Crippen LogP contribution < -0.4 is 10.6 Å². The molecule has 9 heteroatoms. The molecule has 5 aliphatic rings. The van der Waals surface area contributed by atoms with E-state index in [2.05, 4.69) is 21.9 Å². The van der Waals surface area contributed by atoms with Crippen LogP contribution in [0.3, 0.4) is 0 Å². The maximum atomic E-state index is 14.0. The van der Waals surface area contributed by atoms with Crippen molar-refractivity contribution in [1.82, 2.24) is 9.80 Å². The Morgan fingerprint density at radius 3 is 2.44 bits per heavy atom. The first-order valence-electron chi connectivity index (χ1n) is 12.3. The monoisotopic (exact) mass is 483 g/mol. The van der Waals surface area contributed by atoms with Gasteiger partial charge in [0.25, 0.3) is 5.91 Å². The maximum Gasteiger partial charge on any atom is 0.276 e. The highest BCUT2D eigenvalue weighted by Crippen LogP contribution is 2.65. The fourth-order valence-electron chi connectivity index (χ4n) is 7.47. The van der Waals surface area contributed by atoms with Gasteiger partial charge in [-0.25, -0.2) is 0 Å². The molecule has 1 aromatic carbocycles. The van der Waals surface area contributed by atoms with Crippen LogP contribution in [-0.4, -0.2) is 68.9 Å². The Morgan fingerprint density at radius 1 is 1.11 bits per heavy atom. The van der Waals surface area contributed by atoms with Crippen molar-refractivity contribution in [1.29, 1.82) is 15.9 Å². The van der Waals surface area contributed by atoms with Gasteiger partial charge in [-0.1, -0.05) is 18.2 Å². The van der Waals surface area contributed by atoms with E-state index >= 15 is 0 Å². The van der Waals surface area contributed by atoms with Crippen molar-refractivity contribution in [3.8, 4) is 12.1 Å². The zero-order valence-electron chi connectivity index (χ0n) is 20.8. The van der Waals surface area contributed by atoms with Gasteiger partial charge in [-0.05, 0) is 57.2 Å². The molecular weight excluding hydrogens is 454 g/mol. The summed E-state index contributed by atoms with van der Waals surface area (Å²) in [5.74, 6) is -0.885. The summed E-state index contributed by atoms with van der Waals surface area (Å²) >= 11 is 0. The number of piperidine rings is 1. The molecule has 0 unspecified atom stereocenters. The molecule has 36 heavy (non-hydrogen) atoms. The molecule has 4 aliphatic heterocycles. The van der Waals surface area contributed by atoms with Crippen LogP contribution in [0.1, 0.15) is 18.4 Å². The van der Waals surface area contributed by atoms with E-state index in [-0.39, 0.29) is 17.5 Å². The number of nitriles is 2. The second-order valence-electron chi connectivity index (χ2n) is 10.8. The second kappa shape index (κ2) is 7.19. The van der Waals surface area contributed by atoms with E-state index in [0.29, 0.717) is 31.5 Å². The second-order valence-corrected chi connectivity index (χ2v) is 10.8. The topological polar surface area (TPSA) is 133 Å². The number of rotatable bonds is 0. The Morgan fingerprint density at radius 2 is 1.78 bits per heavy atom. The molecular formula is C27H29N7O2. The van der Waals surface area contributed by atoms with Crippen molar-refractivity contribution in [2.24, 2.45) is 22.5 Å². The number of likely N-dealkylation sites (tertiary alicyclic amines) is 1. The summed E-state index contributed by atoms with van der Waals surface area (Å²) in [6.07, 6.45) is 1.20. The van der Waals surface area contributed by atoms with Gasteiger partial charge in [0.1, 0.15) is 0 Å². The number of nitrogens with one attached hydrogen (secondary N) is 1. The predicted molar refractivity (Wildman–Crippen MR) is 132 cm³/mol. The molecule has 184 valence electrons. The number of anilines is 1. The van der Waals surface area contributed by atoms with Crippen LogP contribution in [0.4, 0.5) is 5.69 Å². The molecule has 0 bridgehead atoms. The molecule has 2 atom stereocenters. The molecule has 1 amide bonds. The largest absolute Gasteiger partial charge is 0.455 e. The summed E-state index contributed by atoms with van der Waals surface area (Å²) in [6.45, 7) is 2.52. The normalized spacial score (nSPS) is 30.7. The molecule has 6 rings (SSSR count). The minimum Gasteiger partial charge on any atom is -0.455 e. The first-order valence-corrected chi connectivity index (χ1v) is 12.3. The van der Waals surface area contributed by atoms with Crippen molar-refractivity contribution < 1.29 is 9.53 Å². The molecule has 0 radical (unpaired) electrons. The highest BCUT2D eigenvalue weighted by atomic mass is 16.5. The number of fused-ring (bicyclic) bond motifs is 4. The van der Waals surface area contributed by atoms with Crippen LogP contribution in [0.15, 0.2) is 46.7 Å². The number of nitrogens with two attached hydrogens (primary N) is 1. The third kappa shape index (κ3) is 2.35. The Kier molecular flexibility index (Phi) is 4.55. The number of ether oxygens (including phenoxy) is 1. The van der Waals surface area contributed by atoms with Crippen molar-refractivity contribution in [3.63, 3.8) is 0 Å². The Hall–Kier alpha value is -3.66. The number of hydrogen-bond donors (Lipinski definition) is 2. The minimum absolute atomic E-state index is 0.0947. The fraction of sp³-hybridized carbons (Fsp3) is 0.481. The van der Waals surface area contributed by atoms with Gasteiger partial charge >= 0.3 is 0 Å². The third-order valence-corrected chi connectivity index (χ3v) is 9.28. The molecule has 4 heterocycles. The molecule has 3 N–H and O–H groups in total. The fourth-order valence-corrected chi connectivity index (χ4v) is 7.47. The minimum atomic E-state index is -1.61. The predicted octanol–water partition coefficient (Wildman–Crippen LogP) is 1.70. The molecule has 0 saturated carbocycles. The molecule has 1 aromatic rings. The number of benzene rings is 1. The van der Waals surface area contributed by atoms with E-state index in [1.165, 1.54) is 0 Å². The van der Waals surface area contributed by atoms with Crippen LogP contribution in [0.5, 0.6) is 0 Å². The number of likely N-dealkylation sites (N-methyl/N-ethyl adjacent to an activating group) is 2. The zero-order chi connectivity index (χ0) is 25.6. The first-order chi connectivity index (χ1) is 17.2. The molecule has 9 nitrogen and oxygen atoms in total. The van der Waals surface area contributed by atoms with E-state index < -0.39 is 22.3 Å². The van der Waals surface area contributed by atoms with Gasteiger partial charge in [0.15, 0.2) is 5.41 Å². The summed E-state index contributed by atoms with van der Waals surface area (Å²) < 4.78 is 6.36. The first kappa shape index (κ1) is 22.8. The van der Waals surface area contributed by atoms with Crippen molar-refractivity contribution in [3.05, 3.63) is 52.2 Å². The number of allylic oxidation sites excluding steroid dienone is 1. The molecule has 0 aromatic heterocycles. The van der Waals surface area contributed by atoms with Crippen LogP contribution >= 0.6 is 0 Å². The third-order valence-electron chi connectivity index (χ3n) is 9.28. The molecule has 1 aliphatic carbocycles. The van der Waals surface area contributed by atoms with Crippen LogP contribution in [-0.2, 0) is 15.1 Å². The Bertz CT molecular complexity index is 1360. The Labute approximate surface area is 210 Å². The van der Waals surface area contributed by atoms with E-state index in [4.69, 9.17) is 15.9 Å². The maximum absolute atomic E-state index is 14.0. The Balaban J connectivity index is 1.69. The average Bonchev–Trinajstić information content (AvgIpc) is 3.08. The summed E-state index contributed by atoms with van der Waals surface area (Å²) in [6, 6.07) is 12.2. The summed E-state index contributed by atoms with van der Waals surface area (Å²) in [4.78, 5) is 20.0. The molecule has 2 spiro atoms. The number of hydrogen-bond acceptors (Lipinski definition) is 8. The van der Waals surface area contributed by atoms with Gasteiger partial charge < -0.3 is 25.2 Å². The van der Waals surface area contributed by atoms with E-state index in [1.807, 2.05) is 38.4 Å². The SMILES string of the molecule is CN1CCC2(CC1)C1=C3C(=C(N)C2(C#N)C#N)C(=N)O[C@]2(C(=O)N(C)c4ccccc42)[C@H]3CN(C)C1. The lowest BCUT2D eigenvalue weighted by atomic mass is 9.48. The van der Waals surface area contributed by atoms with Crippen molar-refractivity contribution >= 4 is 17.5 Å². The van der Waals surface area contributed by atoms with Gasteiger partial charge in [-0.3, -0.25) is 10.2 Å². The van der Waals surface area contributed by atoms with E-state index in [1.54, 1.807) is 11.9 Å². The van der Waals surface area contributed by atoms with Crippen LogP contribution in [0, 0.1) is 44.8 Å². The smallest absolute Gasteiger partial charge is 0.276 e. The quantitative estimate of drug-likeness (QED) is 0.574. The lowest BCUT2D eigenvalue weighted by molar-refractivity contribution is -0.140. The van der Waals surface area contributed by atoms with Crippen molar-refractivity contribution in [2.45, 2.75) is 18.4 Å². The van der Waals surface area contributed by atoms with E-state index in [0.717, 1.165) is 35.5 Å². The number of carbonyl (C=O) groups excluding carboxylic acids is 1. The molecule has 2 saturated heterocycles. The lowest BCUT2D eigenvalue weighted by Gasteiger charge is -2.58. The van der Waals surface area contributed by atoms with Gasteiger partial charge in [0, 0.05) is 31.1 Å².